The lowest BCUT2D eigenvalue weighted by Crippen LogP contribution is -2.44. The molecule has 3 rings (SSSR count). The number of aromatic nitrogens is 1. The topological polar surface area (TPSA) is 36.4 Å². The molecule has 5 heteroatoms. The van der Waals surface area contributed by atoms with Gasteiger partial charge < -0.3 is 4.90 Å². The lowest BCUT2D eigenvalue weighted by molar-refractivity contribution is -0.137. The SMILES string of the molecule is CN(C)C(C(=O)N1CCC(c2ccncc2)CC1)c1cccc(F)c1. The minimum Gasteiger partial charge on any atom is -0.341 e. The second-order valence-corrected chi connectivity index (χ2v) is 6.80. The normalized spacial score (nSPS) is 16.9. The molecule has 0 spiro atoms. The van der Waals surface area contributed by atoms with Crippen molar-refractivity contribution in [1.82, 2.24) is 14.8 Å². The molecule has 1 fully saturated rings. The van der Waals surface area contributed by atoms with Gasteiger partial charge in [0.05, 0.1) is 0 Å². The minimum absolute atomic E-state index is 0.0452. The first-order valence-corrected chi connectivity index (χ1v) is 8.67. The monoisotopic (exact) mass is 341 g/mol. The lowest BCUT2D eigenvalue weighted by atomic mass is 9.89. The molecular formula is C20H24FN3O. The summed E-state index contributed by atoms with van der Waals surface area (Å²) in [5, 5.41) is 0. The van der Waals surface area contributed by atoms with Crippen molar-refractivity contribution < 1.29 is 9.18 Å². The Kier molecular flexibility index (Phi) is 5.43. The van der Waals surface area contributed by atoms with Crippen molar-refractivity contribution in [3.8, 4) is 0 Å². The molecule has 1 amide bonds. The summed E-state index contributed by atoms with van der Waals surface area (Å²) in [7, 11) is 3.72. The average molecular weight is 341 g/mol. The van der Waals surface area contributed by atoms with Gasteiger partial charge in [-0.05, 0) is 68.2 Å². The van der Waals surface area contributed by atoms with Gasteiger partial charge in [-0.3, -0.25) is 14.7 Å². The Bertz CT molecular complexity index is 712. The van der Waals surface area contributed by atoms with Crippen molar-refractivity contribution in [1.29, 1.82) is 0 Å². The summed E-state index contributed by atoms with van der Waals surface area (Å²) in [5.74, 6) is 0.205. The van der Waals surface area contributed by atoms with Crippen LogP contribution in [0.3, 0.4) is 0 Å². The summed E-state index contributed by atoms with van der Waals surface area (Å²) in [5.41, 5.74) is 1.99. The van der Waals surface area contributed by atoms with E-state index in [9.17, 15) is 9.18 Å². The molecule has 0 radical (unpaired) electrons. The van der Waals surface area contributed by atoms with Crippen LogP contribution < -0.4 is 0 Å². The van der Waals surface area contributed by atoms with E-state index in [-0.39, 0.29) is 11.7 Å². The van der Waals surface area contributed by atoms with Crippen molar-refractivity contribution >= 4 is 5.91 Å². The molecular weight excluding hydrogens is 317 g/mol. The molecule has 1 aromatic heterocycles. The standard InChI is InChI=1S/C20H24FN3O/c1-23(2)19(17-4-3-5-18(21)14-17)20(25)24-12-8-16(9-13-24)15-6-10-22-11-7-15/h3-7,10-11,14,16,19H,8-9,12-13H2,1-2H3. The first-order valence-electron chi connectivity index (χ1n) is 8.67. The third kappa shape index (κ3) is 4.04. The fourth-order valence-electron chi connectivity index (χ4n) is 3.58. The maximum Gasteiger partial charge on any atom is 0.244 e. The Labute approximate surface area is 148 Å². The van der Waals surface area contributed by atoms with Crippen molar-refractivity contribution in [2.75, 3.05) is 27.2 Å². The molecule has 25 heavy (non-hydrogen) atoms. The van der Waals surface area contributed by atoms with Gasteiger partial charge in [-0.1, -0.05) is 12.1 Å². The molecule has 4 nitrogen and oxygen atoms in total. The zero-order valence-corrected chi connectivity index (χ0v) is 14.7. The number of carbonyl (C=O) groups excluding carboxylic acids is 1. The number of halogens is 1. The molecule has 1 unspecified atom stereocenters. The number of hydrogen-bond donors (Lipinski definition) is 0. The number of pyridine rings is 1. The number of likely N-dealkylation sites (tertiary alicyclic amines) is 1. The van der Waals surface area contributed by atoms with Crippen LogP contribution in [-0.2, 0) is 4.79 Å². The van der Waals surface area contributed by atoms with Gasteiger partial charge in [-0.15, -0.1) is 0 Å². The zero-order valence-electron chi connectivity index (χ0n) is 14.7. The lowest BCUT2D eigenvalue weighted by Gasteiger charge is -2.36. The van der Waals surface area contributed by atoms with Gasteiger partial charge in [0.1, 0.15) is 11.9 Å². The summed E-state index contributed by atoms with van der Waals surface area (Å²) < 4.78 is 13.6. The smallest absolute Gasteiger partial charge is 0.244 e. The summed E-state index contributed by atoms with van der Waals surface area (Å²) in [6.07, 6.45) is 5.52. The summed E-state index contributed by atoms with van der Waals surface area (Å²) in [6.45, 7) is 1.46. The van der Waals surface area contributed by atoms with Gasteiger partial charge >= 0.3 is 0 Å². The van der Waals surface area contributed by atoms with Gasteiger partial charge in [-0.25, -0.2) is 4.39 Å². The predicted molar refractivity (Wildman–Crippen MR) is 95.6 cm³/mol. The molecule has 0 aliphatic carbocycles. The Morgan fingerprint density at radius 3 is 2.48 bits per heavy atom. The van der Waals surface area contributed by atoms with Gasteiger partial charge in [0.2, 0.25) is 5.91 Å². The number of carbonyl (C=O) groups is 1. The molecule has 1 aliphatic rings. The number of piperidine rings is 1. The Balaban J connectivity index is 1.70. The zero-order chi connectivity index (χ0) is 17.8. The Hall–Kier alpha value is -2.27. The van der Waals surface area contributed by atoms with E-state index in [1.54, 1.807) is 6.07 Å². The molecule has 132 valence electrons. The molecule has 1 aromatic carbocycles. The molecule has 2 heterocycles. The van der Waals surface area contributed by atoms with E-state index >= 15 is 0 Å². The Morgan fingerprint density at radius 1 is 1.20 bits per heavy atom. The van der Waals surface area contributed by atoms with Crippen molar-refractivity contribution in [3.05, 3.63) is 65.7 Å². The third-order valence-electron chi connectivity index (χ3n) is 4.90. The second kappa shape index (κ2) is 7.74. The van der Waals surface area contributed by atoms with Gasteiger partial charge in [0.15, 0.2) is 0 Å². The first-order chi connectivity index (χ1) is 12.1. The number of amides is 1. The van der Waals surface area contributed by atoms with Crippen molar-refractivity contribution in [2.24, 2.45) is 0 Å². The highest BCUT2D eigenvalue weighted by atomic mass is 19.1. The quantitative estimate of drug-likeness (QED) is 0.857. The van der Waals surface area contributed by atoms with E-state index in [2.05, 4.69) is 17.1 Å². The highest BCUT2D eigenvalue weighted by molar-refractivity contribution is 5.83. The fraction of sp³-hybridized carbons (Fsp3) is 0.400. The average Bonchev–Trinajstić information content (AvgIpc) is 2.62. The van der Waals surface area contributed by atoms with Crippen LogP contribution in [0.25, 0.3) is 0 Å². The third-order valence-corrected chi connectivity index (χ3v) is 4.90. The van der Waals surface area contributed by atoms with Crippen LogP contribution in [0.1, 0.15) is 35.9 Å². The van der Waals surface area contributed by atoms with Crippen LogP contribution in [0.15, 0.2) is 48.8 Å². The number of likely N-dealkylation sites (N-methyl/N-ethyl adjacent to an activating group) is 1. The number of rotatable bonds is 4. The molecule has 1 saturated heterocycles. The predicted octanol–water partition coefficient (Wildman–Crippen LogP) is 3.23. The molecule has 0 saturated carbocycles. The number of nitrogens with zero attached hydrogens (tertiary/aromatic N) is 3. The van der Waals surface area contributed by atoms with E-state index in [4.69, 9.17) is 0 Å². The van der Waals surface area contributed by atoms with Crippen LogP contribution in [0.5, 0.6) is 0 Å². The summed E-state index contributed by atoms with van der Waals surface area (Å²) >= 11 is 0. The van der Waals surface area contributed by atoms with Crippen LogP contribution >= 0.6 is 0 Å². The highest BCUT2D eigenvalue weighted by Gasteiger charge is 2.31. The number of benzene rings is 1. The van der Waals surface area contributed by atoms with Crippen LogP contribution in [0.2, 0.25) is 0 Å². The molecule has 1 atom stereocenters. The minimum atomic E-state index is -0.451. The molecule has 2 aromatic rings. The Morgan fingerprint density at radius 2 is 1.88 bits per heavy atom. The number of hydrogen-bond acceptors (Lipinski definition) is 3. The van der Waals surface area contributed by atoms with E-state index in [1.165, 1.54) is 17.7 Å². The molecule has 0 bridgehead atoms. The maximum atomic E-state index is 13.6. The molecule has 1 aliphatic heterocycles. The molecule has 0 N–H and O–H groups in total. The van der Waals surface area contributed by atoms with Crippen LogP contribution in [-0.4, -0.2) is 47.9 Å². The van der Waals surface area contributed by atoms with Crippen LogP contribution in [0.4, 0.5) is 4.39 Å². The summed E-state index contributed by atoms with van der Waals surface area (Å²) in [4.78, 5) is 20.9. The second-order valence-electron chi connectivity index (χ2n) is 6.80. The van der Waals surface area contributed by atoms with E-state index < -0.39 is 6.04 Å². The van der Waals surface area contributed by atoms with Crippen LogP contribution in [0, 0.1) is 5.82 Å². The van der Waals surface area contributed by atoms with E-state index in [1.807, 2.05) is 42.4 Å². The van der Waals surface area contributed by atoms with Crippen molar-refractivity contribution in [2.45, 2.75) is 24.8 Å². The van der Waals surface area contributed by atoms with E-state index in [0.29, 0.717) is 11.5 Å². The van der Waals surface area contributed by atoms with Gasteiger partial charge in [0, 0.05) is 25.5 Å². The first kappa shape index (κ1) is 17.5. The highest BCUT2D eigenvalue weighted by Crippen LogP contribution is 2.30. The largest absolute Gasteiger partial charge is 0.341 e. The fourth-order valence-corrected chi connectivity index (χ4v) is 3.58. The van der Waals surface area contributed by atoms with Crippen molar-refractivity contribution in [3.63, 3.8) is 0 Å². The van der Waals surface area contributed by atoms with Gasteiger partial charge in [-0.2, -0.15) is 0 Å². The van der Waals surface area contributed by atoms with E-state index in [0.717, 1.165) is 25.9 Å². The van der Waals surface area contributed by atoms with Gasteiger partial charge in [0.25, 0.3) is 0 Å². The maximum absolute atomic E-state index is 13.6. The summed E-state index contributed by atoms with van der Waals surface area (Å²) in [6, 6.07) is 9.98.